The average Bonchev–Trinajstić information content (AvgIpc) is 3.36. The van der Waals surface area contributed by atoms with Crippen LogP contribution in [0.5, 0.6) is 0 Å². The van der Waals surface area contributed by atoms with Crippen LogP contribution in [-0.4, -0.2) is 48.6 Å². The molecule has 1 aromatic rings. The van der Waals surface area contributed by atoms with E-state index in [1.807, 2.05) is 0 Å². The number of amides is 2. The Hall–Kier alpha value is -2.39. The molecule has 0 aromatic heterocycles. The number of nitrogens with one attached hydrogen (secondary N) is 1. The lowest BCUT2D eigenvalue weighted by Crippen LogP contribution is -2.66. The molecule has 3 aliphatic rings. The molecule has 6 nitrogen and oxygen atoms in total. The summed E-state index contributed by atoms with van der Waals surface area (Å²) in [4.78, 5) is 26.3. The van der Waals surface area contributed by atoms with E-state index in [1.54, 1.807) is 29.2 Å². The molecule has 6 heteroatoms. The maximum Gasteiger partial charge on any atom is 0.254 e. The van der Waals surface area contributed by atoms with Gasteiger partial charge >= 0.3 is 0 Å². The van der Waals surface area contributed by atoms with Crippen molar-refractivity contribution >= 4 is 11.8 Å². The molecule has 4 rings (SSSR count). The molecule has 27 heavy (non-hydrogen) atoms. The van der Waals surface area contributed by atoms with Gasteiger partial charge in [0, 0.05) is 25.1 Å². The predicted octanol–water partition coefficient (Wildman–Crippen LogP) is 2.10. The Labute approximate surface area is 159 Å². The van der Waals surface area contributed by atoms with Crippen LogP contribution in [0.15, 0.2) is 24.3 Å². The Balaban J connectivity index is 1.28. The maximum atomic E-state index is 12.7. The minimum absolute atomic E-state index is 0.0512. The fourth-order valence-electron chi connectivity index (χ4n) is 4.23. The van der Waals surface area contributed by atoms with Crippen molar-refractivity contribution in [3.8, 4) is 6.07 Å². The summed E-state index contributed by atoms with van der Waals surface area (Å²) in [6, 6.07) is 8.89. The molecule has 1 spiro atoms. The van der Waals surface area contributed by atoms with E-state index in [4.69, 9.17) is 10.00 Å². The van der Waals surface area contributed by atoms with E-state index in [2.05, 4.69) is 11.4 Å². The molecule has 142 valence electrons. The van der Waals surface area contributed by atoms with E-state index in [-0.39, 0.29) is 17.4 Å². The number of benzene rings is 1. The second-order valence-electron chi connectivity index (χ2n) is 8.04. The van der Waals surface area contributed by atoms with Crippen molar-refractivity contribution in [1.29, 1.82) is 5.26 Å². The van der Waals surface area contributed by atoms with Crippen LogP contribution in [0.4, 0.5) is 0 Å². The second-order valence-corrected chi connectivity index (χ2v) is 8.04. The summed E-state index contributed by atoms with van der Waals surface area (Å²) in [5.74, 6) is 1.09. The highest BCUT2D eigenvalue weighted by Crippen LogP contribution is 2.42. The van der Waals surface area contributed by atoms with E-state index in [0.29, 0.717) is 55.6 Å². The normalized spacial score (nSPS) is 22.9. The number of hydrogen-bond donors (Lipinski definition) is 1. The van der Waals surface area contributed by atoms with Gasteiger partial charge in [0.15, 0.2) is 0 Å². The Morgan fingerprint density at radius 1 is 1.30 bits per heavy atom. The average molecular weight is 367 g/mol. The maximum absolute atomic E-state index is 12.7. The molecule has 2 amide bonds. The molecule has 2 heterocycles. The SMILES string of the molecule is N#Cc1cccc(C(=O)N2CC3(C2)OCCC3CCNC(=O)CC2CC2)c1. The first-order chi connectivity index (χ1) is 13.1. The van der Waals surface area contributed by atoms with E-state index >= 15 is 0 Å². The number of nitriles is 1. The van der Waals surface area contributed by atoms with Crippen LogP contribution < -0.4 is 5.32 Å². The van der Waals surface area contributed by atoms with Gasteiger partial charge in [-0.15, -0.1) is 0 Å². The molecule has 0 bridgehead atoms. The summed E-state index contributed by atoms with van der Waals surface area (Å²) in [6.45, 7) is 2.57. The molecule has 1 atom stereocenters. The van der Waals surface area contributed by atoms with Gasteiger partial charge in [-0.3, -0.25) is 9.59 Å². The number of rotatable bonds is 6. The highest BCUT2D eigenvalue weighted by Gasteiger charge is 2.54. The Morgan fingerprint density at radius 3 is 2.85 bits per heavy atom. The highest BCUT2D eigenvalue weighted by molar-refractivity contribution is 5.95. The minimum Gasteiger partial charge on any atom is -0.371 e. The first-order valence-electron chi connectivity index (χ1n) is 9.80. The van der Waals surface area contributed by atoms with Crippen LogP contribution >= 0.6 is 0 Å². The summed E-state index contributed by atoms with van der Waals surface area (Å²) >= 11 is 0. The van der Waals surface area contributed by atoms with Gasteiger partial charge in [0.1, 0.15) is 5.60 Å². The van der Waals surface area contributed by atoms with Crippen molar-refractivity contribution in [3.63, 3.8) is 0 Å². The van der Waals surface area contributed by atoms with E-state index in [9.17, 15) is 9.59 Å². The molecule has 1 aliphatic carbocycles. The monoisotopic (exact) mass is 367 g/mol. The van der Waals surface area contributed by atoms with Crippen LogP contribution in [0.25, 0.3) is 0 Å². The van der Waals surface area contributed by atoms with Gasteiger partial charge in [-0.25, -0.2) is 0 Å². The summed E-state index contributed by atoms with van der Waals surface area (Å²) in [7, 11) is 0. The van der Waals surface area contributed by atoms with Gasteiger partial charge in [-0.1, -0.05) is 6.07 Å². The van der Waals surface area contributed by atoms with E-state index in [1.165, 1.54) is 12.8 Å². The van der Waals surface area contributed by atoms with Crippen molar-refractivity contribution in [2.24, 2.45) is 11.8 Å². The van der Waals surface area contributed by atoms with Crippen LogP contribution in [0.3, 0.4) is 0 Å². The van der Waals surface area contributed by atoms with Crippen molar-refractivity contribution < 1.29 is 14.3 Å². The van der Waals surface area contributed by atoms with Gasteiger partial charge in [0.05, 0.1) is 24.7 Å². The molecule has 1 aromatic carbocycles. The molecular weight excluding hydrogens is 342 g/mol. The third kappa shape index (κ3) is 3.84. The summed E-state index contributed by atoms with van der Waals surface area (Å²) in [6.07, 6.45) is 4.91. The zero-order valence-electron chi connectivity index (χ0n) is 15.4. The van der Waals surface area contributed by atoms with Crippen molar-refractivity contribution in [3.05, 3.63) is 35.4 Å². The molecular formula is C21H25N3O3. The largest absolute Gasteiger partial charge is 0.371 e. The summed E-state index contributed by atoms with van der Waals surface area (Å²) in [5.41, 5.74) is 0.780. The van der Waals surface area contributed by atoms with Crippen molar-refractivity contribution in [1.82, 2.24) is 10.2 Å². The van der Waals surface area contributed by atoms with Crippen molar-refractivity contribution in [2.75, 3.05) is 26.2 Å². The van der Waals surface area contributed by atoms with Crippen molar-refractivity contribution in [2.45, 2.75) is 37.7 Å². The lowest BCUT2D eigenvalue weighted by atomic mass is 9.78. The Bertz CT molecular complexity index is 775. The Kier molecular flexibility index (Phi) is 4.88. The number of carbonyl (C=O) groups excluding carboxylic acids is 2. The van der Waals surface area contributed by atoms with Crippen LogP contribution in [-0.2, 0) is 9.53 Å². The minimum atomic E-state index is -0.260. The standard InChI is InChI=1S/C21H25N3O3/c22-12-16-2-1-3-17(10-16)20(26)24-13-21(14-24)18(7-9-27-21)6-8-23-19(25)11-15-4-5-15/h1-3,10,15,18H,4-9,11,13-14H2,(H,23,25). The fraction of sp³-hybridized carbons (Fsp3) is 0.571. The van der Waals surface area contributed by atoms with Gasteiger partial charge in [0.25, 0.3) is 5.91 Å². The van der Waals surface area contributed by atoms with Gasteiger partial charge < -0.3 is 15.0 Å². The third-order valence-corrected chi connectivity index (χ3v) is 6.03. The topological polar surface area (TPSA) is 82.4 Å². The molecule has 1 unspecified atom stereocenters. The number of ether oxygens (including phenoxy) is 1. The number of carbonyl (C=O) groups is 2. The highest BCUT2D eigenvalue weighted by atomic mass is 16.5. The summed E-state index contributed by atoms with van der Waals surface area (Å²) in [5, 5.41) is 12.0. The molecule has 0 radical (unpaired) electrons. The predicted molar refractivity (Wildman–Crippen MR) is 98.8 cm³/mol. The first-order valence-corrected chi connectivity index (χ1v) is 9.80. The lowest BCUT2D eigenvalue weighted by Gasteiger charge is -2.50. The molecule has 1 N–H and O–H groups in total. The number of hydrogen-bond acceptors (Lipinski definition) is 4. The van der Waals surface area contributed by atoms with Crippen LogP contribution in [0, 0.1) is 23.2 Å². The molecule has 2 saturated heterocycles. The van der Waals surface area contributed by atoms with Crippen LogP contribution in [0.1, 0.15) is 48.0 Å². The fourth-order valence-corrected chi connectivity index (χ4v) is 4.23. The third-order valence-electron chi connectivity index (χ3n) is 6.03. The lowest BCUT2D eigenvalue weighted by molar-refractivity contribution is -0.123. The number of likely N-dealkylation sites (tertiary alicyclic amines) is 1. The molecule has 1 saturated carbocycles. The van der Waals surface area contributed by atoms with Crippen LogP contribution in [0.2, 0.25) is 0 Å². The molecule has 2 aliphatic heterocycles. The smallest absolute Gasteiger partial charge is 0.254 e. The zero-order valence-corrected chi connectivity index (χ0v) is 15.4. The van der Waals surface area contributed by atoms with Gasteiger partial charge in [0.2, 0.25) is 5.91 Å². The second kappa shape index (κ2) is 7.32. The Morgan fingerprint density at radius 2 is 2.11 bits per heavy atom. The van der Waals surface area contributed by atoms with E-state index in [0.717, 1.165) is 12.8 Å². The summed E-state index contributed by atoms with van der Waals surface area (Å²) < 4.78 is 6.02. The van der Waals surface area contributed by atoms with E-state index < -0.39 is 0 Å². The first kappa shape index (κ1) is 18.0. The molecule has 3 fully saturated rings. The quantitative estimate of drug-likeness (QED) is 0.835. The van der Waals surface area contributed by atoms with Gasteiger partial charge in [-0.2, -0.15) is 5.26 Å². The van der Waals surface area contributed by atoms with Gasteiger partial charge in [-0.05, 0) is 55.7 Å². The zero-order chi connectivity index (χ0) is 18.9. The number of nitrogens with zero attached hydrogens (tertiary/aromatic N) is 2.